The van der Waals surface area contributed by atoms with Crippen molar-refractivity contribution in [3.05, 3.63) is 34.9 Å². The third-order valence-electron chi connectivity index (χ3n) is 7.28. The molecule has 0 aromatic rings. The van der Waals surface area contributed by atoms with Crippen LogP contribution < -0.4 is 0 Å². The number of carbonyl (C=O) groups is 1. The first-order valence-corrected chi connectivity index (χ1v) is 9.16. The van der Waals surface area contributed by atoms with Gasteiger partial charge >= 0.3 is 0 Å². The van der Waals surface area contributed by atoms with Crippen LogP contribution in [-0.2, 0) is 4.79 Å². The zero-order valence-electron chi connectivity index (χ0n) is 14.5. The van der Waals surface area contributed by atoms with Gasteiger partial charge in [-0.25, -0.2) is 0 Å². The second kappa shape index (κ2) is 5.17. The van der Waals surface area contributed by atoms with Gasteiger partial charge in [0.1, 0.15) is 0 Å². The van der Waals surface area contributed by atoms with Crippen molar-refractivity contribution in [1.82, 2.24) is 0 Å². The average molecular weight is 323 g/mol. The Morgan fingerprint density at radius 2 is 2.21 bits per heavy atom. The summed E-state index contributed by atoms with van der Waals surface area (Å²) in [6.07, 6.45) is 11.0. The molecular formula is C21H25NO2. The van der Waals surface area contributed by atoms with Crippen LogP contribution >= 0.6 is 0 Å². The third-order valence-corrected chi connectivity index (χ3v) is 7.28. The summed E-state index contributed by atoms with van der Waals surface area (Å²) < 4.78 is 0. The molecule has 0 aliphatic heterocycles. The van der Waals surface area contributed by atoms with Crippen LogP contribution in [0, 0.1) is 34.5 Å². The van der Waals surface area contributed by atoms with E-state index in [1.54, 1.807) is 0 Å². The first-order valence-electron chi connectivity index (χ1n) is 9.16. The number of allylic oxidation sites excluding steroid dienone is 5. The Balaban J connectivity index is 1.80. The highest BCUT2D eigenvalue weighted by molar-refractivity contribution is 5.94. The molecule has 4 aliphatic carbocycles. The fourth-order valence-corrected chi connectivity index (χ4v) is 5.68. The maximum absolute atomic E-state index is 12.0. The Kier molecular flexibility index (Phi) is 3.41. The summed E-state index contributed by atoms with van der Waals surface area (Å²) >= 11 is 0. The van der Waals surface area contributed by atoms with E-state index >= 15 is 0 Å². The molecule has 0 heterocycles. The molecule has 0 radical (unpaired) electrons. The van der Waals surface area contributed by atoms with Crippen molar-refractivity contribution in [2.24, 2.45) is 23.2 Å². The van der Waals surface area contributed by atoms with Crippen LogP contribution in [0.25, 0.3) is 0 Å². The molecule has 0 bridgehead atoms. The third kappa shape index (κ3) is 1.96. The number of hydrogen-bond donors (Lipinski definition) is 1. The zero-order valence-corrected chi connectivity index (χ0v) is 14.5. The van der Waals surface area contributed by atoms with Gasteiger partial charge in [-0.2, -0.15) is 5.26 Å². The van der Waals surface area contributed by atoms with E-state index in [1.165, 1.54) is 16.7 Å². The molecule has 0 spiro atoms. The van der Waals surface area contributed by atoms with E-state index in [2.05, 4.69) is 25.1 Å². The quantitative estimate of drug-likeness (QED) is 0.797. The molecule has 1 saturated carbocycles. The Bertz CT molecular complexity index is 737. The molecule has 3 heteroatoms. The lowest BCUT2D eigenvalue weighted by molar-refractivity contribution is -0.118. The molecule has 4 aliphatic rings. The lowest BCUT2D eigenvalue weighted by atomic mass is 9.57. The van der Waals surface area contributed by atoms with Gasteiger partial charge in [0, 0.05) is 11.3 Å². The van der Waals surface area contributed by atoms with Crippen LogP contribution in [0.5, 0.6) is 0 Å². The monoisotopic (exact) mass is 323 g/mol. The number of ketones is 1. The normalized spacial score (nSPS) is 43.7. The molecule has 0 unspecified atom stereocenters. The fourth-order valence-electron chi connectivity index (χ4n) is 5.68. The Morgan fingerprint density at radius 3 is 2.96 bits per heavy atom. The van der Waals surface area contributed by atoms with Crippen molar-refractivity contribution < 1.29 is 9.90 Å². The van der Waals surface area contributed by atoms with Gasteiger partial charge in [0.2, 0.25) is 0 Å². The lowest BCUT2D eigenvalue weighted by Gasteiger charge is -2.48. The highest BCUT2D eigenvalue weighted by atomic mass is 16.3. The lowest BCUT2D eigenvalue weighted by Crippen LogP contribution is -2.47. The maximum atomic E-state index is 12.0. The van der Waals surface area contributed by atoms with Crippen molar-refractivity contribution in [3.8, 4) is 6.07 Å². The van der Waals surface area contributed by atoms with Gasteiger partial charge in [-0.1, -0.05) is 26.0 Å². The molecule has 126 valence electrons. The molecule has 1 fully saturated rings. The minimum absolute atomic E-state index is 0.0795. The summed E-state index contributed by atoms with van der Waals surface area (Å²) in [5, 5.41) is 20.3. The van der Waals surface area contributed by atoms with Gasteiger partial charge in [-0.3, -0.25) is 4.79 Å². The average Bonchev–Trinajstić information content (AvgIpc) is 2.81. The molecule has 0 aromatic heterocycles. The van der Waals surface area contributed by atoms with Crippen LogP contribution in [0.2, 0.25) is 0 Å². The number of aliphatic hydroxyl groups is 1. The van der Waals surface area contributed by atoms with E-state index in [9.17, 15) is 9.90 Å². The van der Waals surface area contributed by atoms with Crippen molar-refractivity contribution >= 4 is 5.78 Å². The van der Waals surface area contributed by atoms with E-state index < -0.39 is 5.60 Å². The maximum Gasteiger partial charge on any atom is 0.159 e. The number of nitriles is 1. The van der Waals surface area contributed by atoms with E-state index in [0.717, 1.165) is 25.7 Å². The zero-order chi connectivity index (χ0) is 17.1. The van der Waals surface area contributed by atoms with E-state index in [0.29, 0.717) is 18.3 Å². The van der Waals surface area contributed by atoms with E-state index in [1.807, 2.05) is 13.0 Å². The summed E-state index contributed by atoms with van der Waals surface area (Å²) in [5.41, 5.74) is 2.81. The summed E-state index contributed by atoms with van der Waals surface area (Å²) in [5.74, 6) is 1.20. The number of fused-ring (bicyclic) bond motifs is 4. The Morgan fingerprint density at radius 1 is 1.42 bits per heavy atom. The second-order valence-corrected chi connectivity index (χ2v) is 8.38. The van der Waals surface area contributed by atoms with Crippen molar-refractivity contribution in [2.75, 3.05) is 0 Å². The Hall–Kier alpha value is -1.66. The number of nitrogens with zero attached hydrogens (tertiary/aromatic N) is 1. The molecule has 3 nitrogen and oxygen atoms in total. The topological polar surface area (TPSA) is 61.1 Å². The van der Waals surface area contributed by atoms with Gasteiger partial charge in [-0.15, -0.1) is 0 Å². The van der Waals surface area contributed by atoms with E-state index in [-0.39, 0.29) is 23.5 Å². The van der Waals surface area contributed by atoms with Gasteiger partial charge in [0.25, 0.3) is 0 Å². The first kappa shape index (κ1) is 15.8. The first-order chi connectivity index (χ1) is 11.4. The SMILES string of the molecule is C[C@H]1CC2=C3C=C[C@@]4(C)[C@@H](CC[C@@]4(O)CC#N)[C@@H]3CCC2=CC1=O. The number of carbonyl (C=O) groups excluding carboxylic acids is 1. The number of rotatable bonds is 1. The summed E-state index contributed by atoms with van der Waals surface area (Å²) in [4.78, 5) is 12.0. The van der Waals surface area contributed by atoms with Crippen molar-refractivity contribution in [1.29, 1.82) is 5.26 Å². The molecule has 5 atom stereocenters. The highest BCUT2D eigenvalue weighted by Gasteiger charge is 2.59. The van der Waals surface area contributed by atoms with Crippen LogP contribution in [0.4, 0.5) is 0 Å². The van der Waals surface area contributed by atoms with Gasteiger partial charge < -0.3 is 5.11 Å². The van der Waals surface area contributed by atoms with Crippen LogP contribution in [0.1, 0.15) is 52.4 Å². The molecule has 1 N–H and O–H groups in total. The van der Waals surface area contributed by atoms with Crippen LogP contribution in [-0.4, -0.2) is 16.5 Å². The highest BCUT2D eigenvalue weighted by Crippen LogP contribution is 2.61. The standard InChI is InChI=1S/C21H25NO2/c1-13-11-17-14(12-19(13)23)3-4-16-15(17)5-7-20(2)18(16)6-8-21(20,24)9-10-22/h5,7,12-13,16,18,24H,3-4,6,8-9,11H2,1-2H3/t13-,16+,18-,20-,21+/m0/s1. The summed E-state index contributed by atoms with van der Waals surface area (Å²) in [7, 11) is 0. The molecule has 24 heavy (non-hydrogen) atoms. The summed E-state index contributed by atoms with van der Waals surface area (Å²) in [6, 6.07) is 2.19. The molecular weight excluding hydrogens is 298 g/mol. The predicted molar refractivity (Wildman–Crippen MR) is 91.8 cm³/mol. The molecule has 4 rings (SSSR count). The Labute approximate surface area is 143 Å². The second-order valence-electron chi connectivity index (χ2n) is 8.38. The molecule has 0 saturated heterocycles. The van der Waals surface area contributed by atoms with Crippen LogP contribution in [0.3, 0.4) is 0 Å². The molecule has 0 amide bonds. The van der Waals surface area contributed by atoms with Gasteiger partial charge in [0.05, 0.1) is 18.1 Å². The minimum atomic E-state index is -0.898. The van der Waals surface area contributed by atoms with Crippen molar-refractivity contribution in [3.63, 3.8) is 0 Å². The van der Waals surface area contributed by atoms with Crippen LogP contribution in [0.15, 0.2) is 34.9 Å². The van der Waals surface area contributed by atoms with Gasteiger partial charge in [0.15, 0.2) is 5.78 Å². The van der Waals surface area contributed by atoms with Gasteiger partial charge in [-0.05, 0) is 66.7 Å². The minimum Gasteiger partial charge on any atom is -0.388 e. The predicted octanol–water partition coefficient (Wildman–Crippen LogP) is 3.86. The largest absolute Gasteiger partial charge is 0.388 e. The molecule has 0 aromatic carbocycles. The van der Waals surface area contributed by atoms with E-state index in [4.69, 9.17) is 5.26 Å². The number of hydrogen-bond acceptors (Lipinski definition) is 3. The summed E-state index contributed by atoms with van der Waals surface area (Å²) in [6.45, 7) is 4.16. The fraction of sp³-hybridized carbons (Fsp3) is 0.619. The van der Waals surface area contributed by atoms with Crippen molar-refractivity contribution in [2.45, 2.75) is 58.0 Å². The smallest absolute Gasteiger partial charge is 0.159 e.